The van der Waals surface area contributed by atoms with Crippen molar-refractivity contribution in [2.45, 2.75) is 54.2 Å². The van der Waals surface area contributed by atoms with Crippen LogP contribution in [0.5, 0.6) is 0 Å². The lowest BCUT2D eigenvalue weighted by Crippen LogP contribution is -2.51. The van der Waals surface area contributed by atoms with E-state index in [1.807, 2.05) is 0 Å². The van der Waals surface area contributed by atoms with Gasteiger partial charge >= 0.3 is 12.2 Å². The quantitative estimate of drug-likeness (QED) is 0.781. The van der Waals surface area contributed by atoms with Gasteiger partial charge in [-0.25, -0.2) is 18.2 Å². The Morgan fingerprint density at radius 2 is 1.67 bits per heavy atom. The first-order valence-electron chi connectivity index (χ1n) is 9.58. The molecule has 0 unspecified atom stereocenters. The average molecular weight is 439 g/mol. The summed E-state index contributed by atoms with van der Waals surface area (Å²) >= 11 is 0. The largest absolute Gasteiger partial charge is 0.416 e. The summed E-state index contributed by atoms with van der Waals surface area (Å²) in [6.45, 7) is 0. The minimum atomic E-state index is -4.44. The number of urea groups is 1. The van der Waals surface area contributed by atoms with Crippen molar-refractivity contribution in [1.82, 2.24) is 9.88 Å². The first-order chi connectivity index (χ1) is 14.2. The molecule has 2 amide bonds. The van der Waals surface area contributed by atoms with Gasteiger partial charge in [-0.3, -0.25) is 0 Å². The van der Waals surface area contributed by atoms with Crippen LogP contribution in [-0.4, -0.2) is 41.7 Å². The van der Waals surface area contributed by atoms with Gasteiger partial charge in [-0.2, -0.15) is 13.2 Å². The van der Waals surface area contributed by atoms with Crippen LogP contribution in [0.2, 0.25) is 0 Å². The third-order valence-corrected chi connectivity index (χ3v) is 7.84. The number of rotatable bonds is 3. The summed E-state index contributed by atoms with van der Waals surface area (Å²) in [6, 6.07) is 8.10. The first-order valence-corrected chi connectivity index (χ1v) is 11.1. The van der Waals surface area contributed by atoms with E-state index in [2.05, 4.69) is 10.3 Å². The van der Waals surface area contributed by atoms with Crippen molar-refractivity contribution in [3.8, 4) is 0 Å². The van der Waals surface area contributed by atoms with Gasteiger partial charge in [0, 0.05) is 24.0 Å². The smallest absolute Gasteiger partial charge is 0.318 e. The molecule has 0 spiro atoms. The van der Waals surface area contributed by atoms with E-state index < -0.39 is 32.9 Å². The Kier molecular flexibility index (Phi) is 5.21. The highest BCUT2D eigenvalue weighted by Gasteiger charge is 2.47. The van der Waals surface area contributed by atoms with Gasteiger partial charge in [-0.05, 0) is 62.1 Å². The Morgan fingerprint density at radius 3 is 2.20 bits per heavy atom. The Labute approximate surface area is 172 Å². The Hall–Kier alpha value is -2.62. The molecule has 0 aliphatic carbocycles. The fraction of sp³-hybridized carbons (Fsp3) is 0.400. The summed E-state index contributed by atoms with van der Waals surface area (Å²) in [5.74, 6) is 0. The summed E-state index contributed by atoms with van der Waals surface area (Å²) in [7, 11) is -3.59. The van der Waals surface area contributed by atoms with Gasteiger partial charge in [0.2, 0.25) is 0 Å². The summed E-state index contributed by atoms with van der Waals surface area (Å²) in [4.78, 5) is 18.4. The van der Waals surface area contributed by atoms with Crippen LogP contribution in [0, 0.1) is 0 Å². The number of fused-ring (bicyclic) bond motifs is 2. The molecule has 1 aromatic carbocycles. The number of amides is 2. The average Bonchev–Trinajstić information content (AvgIpc) is 2.98. The number of benzene rings is 1. The van der Waals surface area contributed by atoms with Gasteiger partial charge in [0.15, 0.2) is 14.9 Å². The number of hydrogen-bond acceptors (Lipinski definition) is 4. The minimum absolute atomic E-state index is 0.0389. The number of pyridine rings is 1. The predicted octanol–water partition coefficient (Wildman–Crippen LogP) is 4.10. The summed E-state index contributed by atoms with van der Waals surface area (Å²) < 4.78 is 63.9. The summed E-state index contributed by atoms with van der Waals surface area (Å²) in [5, 5.41) is 2.06. The van der Waals surface area contributed by atoms with Gasteiger partial charge < -0.3 is 10.2 Å². The van der Waals surface area contributed by atoms with Crippen molar-refractivity contribution in [2.75, 3.05) is 5.32 Å². The maximum Gasteiger partial charge on any atom is 0.416 e. The van der Waals surface area contributed by atoms with Gasteiger partial charge in [-0.15, -0.1) is 0 Å². The molecule has 2 saturated heterocycles. The zero-order valence-electron chi connectivity index (χ0n) is 15.8. The molecule has 30 heavy (non-hydrogen) atoms. The molecule has 2 aliphatic rings. The van der Waals surface area contributed by atoms with Crippen molar-refractivity contribution in [3.05, 3.63) is 54.2 Å². The van der Waals surface area contributed by atoms with E-state index in [1.54, 1.807) is 17.0 Å². The van der Waals surface area contributed by atoms with Gasteiger partial charge in [0.1, 0.15) is 0 Å². The Bertz CT molecular complexity index is 1010. The van der Waals surface area contributed by atoms with Gasteiger partial charge in [0.25, 0.3) is 0 Å². The van der Waals surface area contributed by atoms with Crippen molar-refractivity contribution >= 4 is 21.6 Å². The van der Waals surface area contributed by atoms with Crippen LogP contribution in [0.3, 0.4) is 0 Å². The van der Waals surface area contributed by atoms with E-state index in [0.29, 0.717) is 25.7 Å². The number of hydrogen-bond donors (Lipinski definition) is 1. The number of aromatic nitrogens is 1. The molecular weight excluding hydrogens is 419 g/mol. The Balaban J connectivity index is 1.46. The lowest BCUT2D eigenvalue weighted by Gasteiger charge is -2.38. The van der Waals surface area contributed by atoms with E-state index in [0.717, 1.165) is 12.1 Å². The number of carbonyl (C=O) groups is 1. The molecule has 160 valence electrons. The van der Waals surface area contributed by atoms with Crippen LogP contribution in [0.15, 0.2) is 53.7 Å². The van der Waals surface area contributed by atoms with Crippen molar-refractivity contribution < 1.29 is 26.4 Å². The maximum atomic E-state index is 12.9. The second-order valence-electron chi connectivity index (χ2n) is 7.60. The molecule has 2 aliphatic heterocycles. The fourth-order valence-corrected chi connectivity index (χ4v) is 6.10. The second kappa shape index (κ2) is 7.57. The first kappa shape index (κ1) is 20.6. The number of anilines is 1. The molecule has 2 fully saturated rings. The molecule has 2 aromatic rings. The second-order valence-corrected chi connectivity index (χ2v) is 9.78. The number of nitrogens with one attached hydrogen (secondary N) is 1. The predicted molar refractivity (Wildman–Crippen MR) is 104 cm³/mol. The number of halogens is 3. The van der Waals surface area contributed by atoms with Crippen molar-refractivity contribution in [3.63, 3.8) is 0 Å². The number of carbonyl (C=O) groups excluding carboxylic acids is 1. The van der Waals surface area contributed by atoms with Crippen LogP contribution in [-0.2, 0) is 16.0 Å². The molecule has 2 atom stereocenters. The van der Waals surface area contributed by atoms with Crippen LogP contribution in [0.25, 0.3) is 0 Å². The maximum absolute atomic E-state index is 12.9. The van der Waals surface area contributed by atoms with E-state index in [-0.39, 0.29) is 22.8 Å². The molecule has 4 rings (SSSR count). The SMILES string of the molecule is O=C(Nc1ccc(C(F)(F)F)cc1)N1[C@H]2CC[C@H]1CC(S(=O)(=O)c1ccccn1)C2. The van der Waals surface area contributed by atoms with E-state index in [1.165, 1.54) is 24.4 Å². The molecular formula is C20H20F3N3O3S. The monoisotopic (exact) mass is 439 g/mol. The normalized spacial score (nSPS) is 24.0. The van der Waals surface area contributed by atoms with Crippen molar-refractivity contribution in [2.24, 2.45) is 0 Å². The third-order valence-electron chi connectivity index (χ3n) is 5.76. The third kappa shape index (κ3) is 3.88. The van der Waals surface area contributed by atoms with Gasteiger partial charge in [-0.1, -0.05) is 6.07 Å². The van der Waals surface area contributed by atoms with E-state index in [9.17, 15) is 26.4 Å². The van der Waals surface area contributed by atoms with Crippen molar-refractivity contribution in [1.29, 1.82) is 0 Å². The Morgan fingerprint density at radius 1 is 1.03 bits per heavy atom. The zero-order chi connectivity index (χ0) is 21.5. The lowest BCUT2D eigenvalue weighted by molar-refractivity contribution is -0.137. The minimum Gasteiger partial charge on any atom is -0.318 e. The van der Waals surface area contributed by atoms with Gasteiger partial charge in [0.05, 0.1) is 10.8 Å². The number of sulfone groups is 1. The van der Waals surface area contributed by atoms with Crippen LogP contribution in [0.4, 0.5) is 23.7 Å². The lowest BCUT2D eigenvalue weighted by atomic mass is 10.0. The highest BCUT2D eigenvalue weighted by molar-refractivity contribution is 7.92. The molecule has 3 heterocycles. The highest BCUT2D eigenvalue weighted by Crippen LogP contribution is 2.40. The summed E-state index contributed by atoms with van der Waals surface area (Å²) in [5.41, 5.74) is -0.531. The zero-order valence-corrected chi connectivity index (χ0v) is 16.7. The standard InChI is InChI=1S/C20H20F3N3O3S/c21-20(22,23)13-4-6-14(7-5-13)25-19(27)26-15-8-9-16(26)12-17(11-15)30(28,29)18-3-1-2-10-24-18/h1-7,10,15-17H,8-9,11-12H2,(H,25,27)/t15-,16-/m0/s1. The molecule has 1 aromatic heterocycles. The van der Waals surface area contributed by atoms with Crippen LogP contribution >= 0.6 is 0 Å². The number of nitrogens with zero attached hydrogens (tertiary/aromatic N) is 2. The van der Waals surface area contributed by atoms with E-state index >= 15 is 0 Å². The summed E-state index contributed by atoms with van der Waals surface area (Å²) in [6.07, 6.45) is -0.985. The van der Waals surface area contributed by atoms with Crippen LogP contribution < -0.4 is 5.32 Å². The fourth-order valence-electron chi connectivity index (χ4n) is 4.33. The highest BCUT2D eigenvalue weighted by atomic mass is 32.2. The number of alkyl halides is 3. The van der Waals surface area contributed by atoms with E-state index in [4.69, 9.17) is 0 Å². The number of piperidine rings is 1. The molecule has 2 bridgehead atoms. The molecule has 1 N–H and O–H groups in total. The van der Waals surface area contributed by atoms with Crippen LogP contribution in [0.1, 0.15) is 31.2 Å². The molecule has 0 radical (unpaired) electrons. The topological polar surface area (TPSA) is 79.4 Å². The molecule has 0 saturated carbocycles. The molecule has 10 heteroatoms. The molecule has 6 nitrogen and oxygen atoms in total.